The summed E-state index contributed by atoms with van der Waals surface area (Å²) >= 11 is 1.67. The Bertz CT molecular complexity index is 414. The number of hydrogen-bond acceptors (Lipinski definition) is 6. The van der Waals surface area contributed by atoms with E-state index < -0.39 is 0 Å². The third kappa shape index (κ3) is 2.64. The predicted octanol–water partition coefficient (Wildman–Crippen LogP) is 1.44. The van der Waals surface area contributed by atoms with Gasteiger partial charge in [-0.15, -0.1) is 0 Å². The molecule has 0 saturated carbocycles. The van der Waals surface area contributed by atoms with Crippen LogP contribution in [0, 0.1) is 0 Å². The fraction of sp³-hybridized carbons (Fsp3) is 0.111. The summed E-state index contributed by atoms with van der Waals surface area (Å²) in [5.41, 5.74) is 3.68. The molecule has 5 nitrogen and oxygen atoms in total. The smallest absolute Gasteiger partial charge is 0.160 e. The molecule has 0 atom stereocenters. The fourth-order valence-electron chi connectivity index (χ4n) is 1.11. The van der Waals surface area contributed by atoms with Crippen LogP contribution in [0.1, 0.15) is 5.56 Å². The summed E-state index contributed by atoms with van der Waals surface area (Å²) in [5.74, 6) is 6.48. The van der Waals surface area contributed by atoms with Gasteiger partial charge in [-0.05, 0) is 22.4 Å². The number of anilines is 2. The highest BCUT2D eigenvalue weighted by Crippen LogP contribution is 2.10. The maximum absolute atomic E-state index is 5.23. The largest absolute Gasteiger partial charge is 0.365 e. The van der Waals surface area contributed by atoms with Gasteiger partial charge in [0.05, 0.1) is 12.4 Å². The lowest BCUT2D eigenvalue weighted by Crippen LogP contribution is -2.10. The molecule has 0 aliphatic rings. The zero-order chi connectivity index (χ0) is 10.5. The number of nitrogens with one attached hydrogen (secondary N) is 2. The molecule has 0 amide bonds. The number of hydrazine groups is 1. The first-order chi connectivity index (χ1) is 7.38. The average molecular weight is 221 g/mol. The van der Waals surface area contributed by atoms with Crippen LogP contribution in [0.2, 0.25) is 0 Å². The van der Waals surface area contributed by atoms with Gasteiger partial charge < -0.3 is 10.7 Å². The van der Waals surface area contributed by atoms with Gasteiger partial charge in [-0.25, -0.2) is 10.8 Å². The van der Waals surface area contributed by atoms with Crippen LogP contribution in [0.4, 0.5) is 11.6 Å². The molecule has 0 bridgehead atoms. The van der Waals surface area contributed by atoms with Crippen LogP contribution >= 0.6 is 11.3 Å². The zero-order valence-corrected chi connectivity index (χ0v) is 8.79. The second-order valence-electron chi connectivity index (χ2n) is 2.92. The first-order valence-corrected chi connectivity index (χ1v) is 5.36. The summed E-state index contributed by atoms with van der Waals surface area (Å²) in [7, 11) is 0. The minimum atomic E-state index is 0.547. The van der Waals surface area contributed by atoms with Crippen LogP contribution in [-0.4, -0.2) is 9.97 Å². The molecule has 0 fully saturated rings. The molecule has 0 unspecified atom stereocenters. The SMILES string of the molecule is NNc1cncc(NCc2ccsc2)n1. The van der Waals surface area contributed by atoms with Gasteiger partial charge in [-0.1, -0.05) is 0 Å². The van der Waals surface area contributed by atoms with Crippen molar-refractivity contribution < 1.29 is 0 Å². The Morgan fingerprint density at radius 2 is 2.20 bits per heavy atom. The Labute approximate surface area is 91.3 Å². The average Bonchev–Trinajstić information content (AvgIpc) is 2.79. The van der Waals surface area contributed by atoms with E-state index in [4.69, 9.17) is 5.84 Å². The molecule has 15 heavy (non-hydrogen) atoms. The summed E-state index contributed by atoms with van der Waals surface area (Å²) in [6.45, 7) is 0.742. The van der Waals surface area contributed by atoms with Crippen LogP contribution in [0.3, 0.4) is 0 Å². The molecule has 2 aromatic heterocycles. The topological polar surface area (TPSA) is 75.9 Å². The second kappa shape index (κ2) is 4.72. The Balaban J connectivity index is 1.98. The highest BCUT2D eigenvalue weighted by Gasteiger charge is 1.97. The van der Waals surface area contributed by atoms with Crippen molar-refractivity contribution in [2.45, 2.75) is 6.54 Å². The van der Waals surface area contributed by atoms with Gasteiger partial charge in [0.2, 0.25) is 0 Å². The highest BCUT2D eigenvalue weighted by molar-refractivity contribution is 7.07. The van der Waals surface area contributed by atoms with Crippen LogP contribution in [0.15, 0.2) is 29.2 Å². The molecule has 6 heteroatoms. The van der Waals surface area contributed by atoms with E-state index in [-0.39, 0.29) is 0 Å². The van der Waals surface area contributed by atoms with E-state index in [0.29, 0.717) is 11.6 Å². The second-order valence-corrected chi connectivity index (χ2v) is 3.70. The van der Waals surface area contributed by atoms with Crippen molar-refractivity contribution >= 4 is 23.0 Å². The molecule has 0 aliphatic carbocycles. The normalized spacial score (nSPS) is 9.93. The maximum atomic E-state index is 5.23. The molecule has 0 spiro atoms. The van der Waals surface area contributed by atoms with Crippen LogP contribution in [0.5, 0.6) is 0 Å². The third-order valence-electron chi connectivity index (χ3n) is 1.84. The van der Waals surface area contributed by atoms with Crippen molar-refractivity contribution in [3.63, 3.8) is 0 Å². The van der Waals surface area contributed by atoms with E-state index in [0.717, 1.165) is 6.54 Å². The molecule has 0 radical (unpaired) electrons. The summed E-state index contributed by atoms with van der Waals surface area (Å²) < 4.78 is 0. The number of nitrogens with zero attached hydrogens (tertiary/aromatic N) is 2. The molecule has 2 aromatic rings. The quantitative estimate of drug-likeness (QED) is 0.538. The first kappa shape index (κ1) is 9.88. The number of hydrogen-bond donors (Lipinski definition) is 3. The molecule has 2 rings (SSSR count). The van der Waals surface area contributed by atoms with Gasteiger partial charge >= 0.3 is 0 Å². The van der Waals surface area contributed by atoms with Crippen LogP contribution in [0.25, 0.3) is 0 Å². The predicted molar refractivity (Wildman–Crippen MR) is 61.5 cm³/mol. The summed E-state index contributed by atoms with van der Waals surface area (Å²) in [6.07, 6.45) is 3.23. The third-order valence-corrected chi connectivity index (χ3v) is 2.57. The molecule has 4 N–H and O–H groups in total. The Hall–Kier alpha value is -1.66. The van der Waals surface area contributed by atoms with Gasteiger partial charge in [-0.2, -0.15) is 11.3 Å². The van der Waals surface area contributed by atoms with Gasteiger partial charge in [0.15, 0.2) is 5.82 Å². The van der Waals surface area contributed by atoms with Gasteiger partial charge in [0.25, 0.3) is 0 Å². The maximum Gasteiger partial charge on any atom is 0.160 e. The van der Waals surface area contributed by atoms with Crippen molar-refractivity contribution in [2.75, 3.05) is 10.7 Å². The number of nitrogen functional groups attached to an aromatic ring is 1. The number of nitrogens with two attached hydrogens (primary N) is 1. The minimum absolute atomic E-state index is 0.547. The van der Waals surface area contributed by atoms with Crippen molar-refractivity contribution in [1.29, 1.82) is 0 Å². The number of aromatic nitrogens is 2. The van der Waals surface area contributed by atoms with E-state index in [2.05, 4.69) is 32.2 Å². The lowest BCUT2D eigenvalue weighted by molar-refractivity contribution is 1.08. The summed E-state index contributed by atoms with van der Waals surface area (Å²) in [5, 5.41) is 7.29. The Morgan fingerprint density at radius 3 is 2.93 bits per heavy atom. The standard InChI is InChI=1S/C9H11N5S/c10-14-9-5-11-4-8(13-9)12-3-7-1-2-15-6-7/h1-2,4-6H,3,10H2,(H2,12,13,14). The highest BCUT2D eigenvalue weighted by atomic mass is 32.1. The van der Waals surface area contributed by atoms with Gasteiger partial charge in [-0.3, -0.25) is 4.98 Å². The van der Waals surface area contributed by atoms with Gasteiger partial charge in [0, 0.05) is 6.54 Å². The van der Waals surface area contributed by atoms with Crippen molar-refractivity contribution in [1.82, 2.24) is 9.97 Å². The van der Waals surface area contributed by atoms with Crippen LogP contribution in [-0.2, 0) is 6.54 Å². The van der Waals surface area contributed by atoms with Crippen molar-refractivity contribution in [2.24, 2.45) is 5.84 Å². The molecule has 2 heterocycles. The van der Waals surface area contributed by atoms with Crippen molar-refractivity contribution in [3.05, 3.63) is 34.8 Å². The summed E-state index contributed by atoms with van der Waals surface area (Å²) in [6, 6.07) is 2.07. The molecular weight excluding hydrogens is 210 g/mol. The van der Waals surface area contributed by atoms with Crippen molar-refractivity contribution in [3.8, 4) is 0 Å². The molecule has 0 aromatic carbocycles. The summed E-state index contributed by atoms with van der Waals surface area (Å²) in [4.78, 5) is 8.17. The Morgan fingerprint density at radius 1 is 1.33 bits per heavy atom. The lowest BCUT2D eigenvalue weighted by Gasteiger charge is -2.04. The van der Waals surface area contributed by atoms with Gasteiger partial charge in [0.1, 0.15) is 5.82 Å². The molecular formula is C9H11N5S. The fourth-order valence-corrected chi connectivity index (χ4v) is 1.78. The molecule has 78 valence electrons. The zero-order valence-electron chi connectivity index (χ0n) is 7.97. The van der Waals surface area contributed by atoms with Crippen LogP contribution < -0.4 is 16.6 Å². The first-order valence-electron chi connectivity index (χ1n) is 4.42. The lowest BCUT2D eigenvalue weighted by atomic mass is 10.3. The van der Waals surface area contributed by atoms with E-state index in [1.165, 1.54) is 5.56 Å². The van der Waals surface area contributed by atoms with E-state index in [9.17, 15) is 0 Å². The number of thiophene rings is 1. The number of rotatable bonds is 4. The van der Waals surface area contributed by atoms with E-state index in [1.807, 2.05) is 5.38 Å². The Kier molecular flexibility index (Phi) is 3.11. The van der Waals surface area contributed by atoms with E-state index in [1.54, 1.807) is 23.7 Å². The molecule has 0 saturated heterocycles. The van der Waals surface area contributed by atoms with E-state index >= 15 is 0 Å². The monoisotopic (exact) mass is 221 g/mol. The molecule has 0 aliphatic heterocycles. The minimum Gasteiger partial charge on any atom is -0.365 e.